The Morgan fingerprint density at radius 1 is 0.904 bits per heavy atom. The summed E-state index contributed by atoms with van der Waals surface area (Å²) in [5.74, 6) is 1.18. The highest BCUT2D eigenvalue weighted by Gasteiger charge is 2.28. The summed E-state index contributed by atoms with van der Waals surface area (Å²) >= 11 is 6.95. The Bertz CT molecular complexity index is 2020. The number of nitrogens with zero attached hydrogens (tertiary/aromatic N) is 3. The predicted octanol–water partition coefficient (Wildman–Crippen LogP) is 7.13. The number of amides is 2. The highest BCUT2D eigenvalue weighted by molar-refractivity contribution is 6.32. The average Bonchev–Trinajstić information content (AvgIpc) is 3.15. The largest absolute Gasteiger partial charge is 0.496 e. The molecule has 0 aliphatic carbocycles. The fourth-order valence-electron chi connectivity index (χ4n) is 8.23. The van der Waals surface area contributed by atoms with E-state index in [0.29, 0.717) is 40.0 Å². The van der Waals surface area contributed by atoms with Gasteiger partial charge < -0.3 is 19.5 Å². The highest BCUT2D eigenvalue weighted by atomic mass is 35.5. The quantitative estimate of drug-likeness (QED) is 0.168. The number of anilines is 2. The van der Waals surface area contributed by atoms with Gasteiger partial charge in [0.15, 0.2) is 0 Å². The number of piperidine rings is 3. The minimum absolute atomic E-state index is 0.0261. The highest BCUT2D eigenvalue weighted by Crippen LogP contribution is 2.38. The lowest BCUT2D eigenvalue weighted by atomic mass is 9.85. The summed E-state index contributed by atoms with van der Waals surface area (Å²) in [4.78, 5) is 40.9. The summed E-state index contributed by atoms with van der Waals surface area (Å²) in [6.45, 7) is 4.43. The summed E-state index contributed by atoms with van der Waals surface area (Å²) < 4.78 is 22.7. The number of aromatic nitrogens is 1. The fraction of sp³-hybridized carbons (Fsp3) is 0.439. The summed E-state index contributed by atoms with van der Waals surface area (Å²) in [5.41, 5.74) is 3.98. The first-order valence-corrected chi connectivity index (χ1v) is 18.9. The molecule has 3 aliphatic rings. The topological polar surface area (TPSA) is 95.9 Å². The Kier molecular flexibility index (Phi) is 10.8. The van der Waals surface area contributed by atoms with Crippen molar-refractivity contribution in [2.24, 2.45) is 18.9 Å². The van der Waals surface area contributed by atoms with Crippen molar-refractivity contribution in [2.45, 2.75) is 64.0 Å². The van der Waals surface area contributed by atoms with E-state index in [9.17, 15) is 14.4 Å². The number of hydrogen-bond donors (Lipinski definition) is 2. The number of hydrogen-bond acceptors (Lipinski definition) is 7. The predicted molar refractivity (Wildman–Crippen MR) is 205 cm³/mol. The van der Waals surface area contributed by atoms with Crippen molar-refractivity contribution >= 4 is 45.6 Å². The molecule has 274 valence electrons. The molecule has 3 fully saturated rings. The van der Waals surface area contributed by atoms with E-state index in [0.717, 1.165) is 86.2 Å². The van der Waals surface area contributed by atoms with Gasteiger partial charge in [0.1, 0.15) is 17.6 Å². The van der Waals surface area contributed by atoms with Crippen LogP contribution in [-0.2, 0) is 23.2 Å². The summed E-state index contributed by atoms with van der Waals surface area (Å²) in [5, 5.41) is 7.64. The van der Waals surface area contributed by atoms with Crippen LogP contribution in [0.2, 0.25) is 5.02 Å². The van der Waals surface area contributed by atoms with Crippen LogP contribution in [0.25, 0.3) is 21.9 Å². The zero-order valence-electron chi connectivity index (χ0n) is 29.9. The summed E-state index contributed by atoms with van der Waals surface area (Å²) in [6.07, 6.45) is 9.40. The molecule has 3 saturated heterocycles. The van der Waals surface area contributed by atoms with Gasteiger partial charge in [-0.3, -0.25) is 24.6 Å². The lowest BCUT2D eigenvalue weighted by molar-refractivity contribution is -0.133. The third kappa shape index (κ3) is 7.83. The molecule has 3 aliphatic heterocycles. The van der Waals surface area contributed by atoms with Crippen LogP contribution in [0.1, 0.15) is 56.9 Å². The van der Waals surface area contributed by atoms with Gasteiger partial charge in [0.2, 0.25) is 11.8 Å². The number of benzene rings is 3. The average molecular weight is 728 g/mol. The van der Waals surface area contributed by atoms with Gasteiger partial charge in [-0.2, -0.15) is 0 Å². The van der Waals surface area contributed by atoms with E-state index in [1.54, 1.807) is 24.8 Å². The van der Waals surface area contributed by atoms with Gasteiger partial charge in [0.05, 0.1) is 12.8 Å². The standard InChI is InChI=1S/C41H47ClFN5O4/c1-46-24-32(30-5-3-4-6-31(30)41(46)51)28-21-34(42)33(38(22-28)52-2)25-47-17-13-26(14-18-47)7-8-27-15-19-48(20-16-27)37-11-9-29(23-35(37)43)44-36-10-12-39(49)45-40(36)50/h3-6,9,11,21-24,26-27,36,44H,7-8,10,12-20,25H2,1-2H3,(H,45,49,50). The second kappa shape index (κ2) is 15.7. The minimum atomic E-state index is -0.535. The van der Waals surface area contributed by atoms with E-state index in [2.05, 4.69) is 20.4 Å². The Morgan fingerprint density at radius 2 is 1.60 bits per heavy atom. The molecule has 1 aromatic heterocycles. The number of pyridine rings is 1. The number of carbonyl (C=O) groups is 2. The molecular weight excluding hydrogens is 681 g/mol. The minimum Gasteiger partial charge on any atom is -0.496 e. The van der Waals surface area contributed by atoms with Crippen molar-refractivity contribution in [2.75, 3.05) is 43.5 Å². The molecule has 1 unspecified atom stereocenters. The number of fused-ring (bicyclic) bond motifs is 1. The lowest BCUT2D eigenvalue weighted by Crippen LogP contribution is -2.47. The summed E-state index contributed by atoms with van der Waals surface area (Å²) in [6, 6.07) is 16.2. The van der Waals surface area contributed by atoms with Gasteiger partial charge in [0.25, 0.3) is 5.56 Å². The van der Waals surface area contributed by atoms with Gasteiger partial charge >= 0.3 is 0 Å². The number of aryl methyl sites for hydroxylation is 1. The number of imide groups is 1. The number of nitrogens with one attached hydrogen (secondary N) is 2. The Morgan fingerprint density at radius 3 is 2.27 bits per heavy atom. The Hall–Kier alpha value is -4.41. The third-order valence-corrected chi connectivity index (χ3v) is 11.7. The van der Waals surface area contributed by atoms with Crippen molar-refractivity contribution in [1.29, 1.82) is 0 Å². The number of ether oxygens (including phenoxy) is 1. The van der Waals surface area contributed by atoms with Crippen LogP contribution in [0, 0.1) is 17.7 Å². The smallest absolute Gasteiger partial charge is 0.258 e. The second-order valence-corrected chi connectivity index (χ2v) is 15.1. The Balaban J connectivity index is 0.883. The molecule has 11 heteroatoms. The molecule has 0 radical (unpaired) electrons. The van der Waals surface area contributed by atoms with E-state index in [4.69, 9.17) is 16.3 Å². The number of carbonyl (C=O) groups excluding carboxylic acids is 2. The van der Waals surface area contributed by atoms with Gasteiger partial charge in [-0.05, 0) is 104 Å². The van der Waals surface area contributed by atoms with Gasteiger partial charge in [-0.1, -0.05) is 42.6 Å². The van der Waals surface area contributed by atoms with Crippen molar-refractivity contribution in [3.63, 3.8) is 0 Å². The van der Waals surface area contributed by atoms with E-state index in [-0.39, 0.29) is 29.6 Å². The van der Waals surface area contributed by atoms with E-state index >= 15 is 4.39 Å². The molecule has 2 amide bonds. The van der Waals surface area contributed by atoms with E-state index in [1.807, 2.05) is 48.7 Å². The second-order valence-electron chi connectivity index (χ2n) is 14.7. The Labute approximate surface area is 309 Å². The monoisotopic (exact) mass is 727 g/mol. The van der Waals surface area contributed by atoms with Crippen LogP contribution in [0.3, 0.4) is 0 Å². The number of methoxy groups -OCH3 is 1. The van der Waals surface area contributed by atoms with Gasteiger partial charge in [0, 0.05) is 66.5 Å². The molecular formula is C41H47ClFN5O4. The van der Waals surface area contributed by atoms with Crippen molar-refractivity contribution in [3.8, 4) is 16.9 Å². The first kappa shape index (κ1) is 36.0. The van der Waals surface area contributed by atoms with Gasteiger partial charge in [-0.25, -0.2) is 4.39 Å². The fourth-order valence-corrected chi connectivity index (χ4v) is 8.50. The number of likely N-dealkylation sites (tertiary alicyclic amines) is 1. The molecule has 4 heterocycles. The van der Waals surface area contributed by atoms with Crippen LogP contribution in [0.15, 0.2) is 65.6 Å². The molecule has 3 aromatic carbocycles. The maximum absolute atomic E-state index is 15.2. The summed E-state index contributed by atoms with van der Waals surface area (Å²) in [7, 11) is 3.46. The van der Waals surface area contributed by atoms with E-state index in [1.165, 1.54) is 18.9 Å². The zero-order valence-corrected chi connectivity index (χ0v) is 30.7. The molecule has 52 heavy (non-hydrogen) atoms. The molecule has 9 nitrogen and oxygen atoms in total. The molecule has 4 aromatic rings. The van der Waals surface area contributed by atoms with Gasteiger partial charge in [-0.15, -0.1) is 0 Å². The number of rotatable bonds is 10. The maximum Gasteiger partial charge on any atom is 0.258 e. The van der Waals surface area contributed by atoms with Crippen LogP contribution in [-0.4, -0.2) is 60.6 Å². The van der Waals surface area contributed by atoms with Crippen molar-refractivity contribution < 1.29 is 18.7 Å². The van der Waals surface area contributed by atoms with Crippen molar-refractivity contribution in [3.05, 3.63) is 87.6 Å². The molecule has 0 bridgehead atoms. The first-order chi connectivity index (χ1) is 25.2. The van der Waals surface area contributed by atoms with Crippen LogP contribution < -0.4 is 25.8 Å². The lowest BCUT2D eigenvalue weighted by Gasteiger charge is -2.36. The maximum atomic E-state index is 15.2. The molecule has 0 saturated carbocycles. The van der Waals surface area contributed by atoms with Crippen LogP contribution in [0.4, 0.5) is 15.8 Å². The normalized spacial score (nSPS) is 19.2. The van der Waals surface area contributed by atoms with Crippen LogP contribution in [0.5, 0.6) is 5.75 Å². The van der Waals surface area contributed by atoms with Crippen molar-refractivity contribution in [1.82, 2.24) is 14.8 Å². The number of halogens is 2. The van der Waals surface area contributed by atoms with E-state index < -0.39 is 6.04 Å². The molecule has 1 atom stereocenters. The zero-order chi connectivity index (χ0) is 36.4. The first-order valence-electron chi connectivity index (χ1n) is 18.5. The SMILES string of the molecule is COc1cc(-c2cn(C)c(=O)c3ccccc23)cc(Cl)c1CN1CCC(CCC2CCN(c3ccc(NC4CCC(=O)NC4=O)cc3F)CC2)CC1. The molecule has 7 rings (SSSR count). The van der Waals surface area contributed by atoms with Crippen LogP contribution >= 0.6 is 11.6 Å². The molecule has 0 spiro atoms. The molecule has 2 N–H and O–H groups in total. The third-order valence-electron chi connectivity index (χ3n) is 11.3.